The molecule has 0 aromatic carbocycles. The fraction of sp³-hybridized carbons (Fsp3) is 0.706. The van der Waals surface area contributed by atoms with Gasteiger partial charge in [-0.1, -0.05) is 13.0 Å². The van der Waals surface area contributed by atoms with Gasteiger partial charge in [0.1, 0.15) is 0 Å². The zero-order valence-electron chi connectivity index (χ0n) is 12.8. The Kier molecular flexibility index (Phi) is 4.37. The number of nitrogens with one attached hydrogen (secondary N) is 1. The van der Waals surface area contributed by atoms with E-state index in [1.807, 2.05) is 12.3 Å². The molecule has 0 amide bonds. The first-order chi connectivity index (χ1) is 9.78. The second-order valence-corrected chi connectivity index (χ2v) is 6.43. The van der Waals surface area contributed by atoms with E-state index in [2.05, 4.69) is 41.2 Å². The number of hydrogen-bond acceptors (Lipinski definition) is 3. The predicted octanol–water partition coefficient (Wildman–Crippen LogP) is 3.14. The van der Waals surface area contributed by atoms with E-state index < -0.39 is 0 Å². The summed E-state index contributed by atoms with van der Waals surface area (Å²) in [6.07, 6.45) is 8.51. The minimum atomic E-state index is 0.429. The van der Waals surface area contributed by atoms with Crippen LogP contribution in [-0.2, 0) is 0 Å². The van der Waals surface area contributed by atoms with Crippen molar-refractivity contribution in [3.05, 3.63) is 30.1 Å². The number of rotatable bonds is 5. The Bertz CT molecular complexity index is 408. The second-order valence-electron chi connectivity index (χ2n) is 6.43. The van der Waals surface area contributed by atoms with Gasteiger partial charge in [0, 0.05) is 30.4 Å². The maximum atomic E-state index is 4.57. The highest BCUT2D eigenvalue weighted by Crippen LogP contribution is 2.33. The fourth-order valence-corrected chi connectivity index (χ4v) is 4.04. The molecule has 3 rings (SSSR count). The van der Waals surface area contributed by atoms with E-state index in [-0.39, 0.29) is 0 Å². The topological polar surface area (TPSA) is 28.2 Å². The highest BCUT2D eigenvalue weighted by molar-refractivity contribution is 5.09. The molecule has 2 bridgehead atoms. The fourth-order valence-electron chi connectivity index (χ4n) is 4.04. The van der Waals surface area contributed by atoms with Gasteiger partial charge in [0.15, 0.2) is 0 Å². The molecule has 2 aliphatic rings. The molecule has 2 aliphatic heterocycles. The molecule has 3 heterocycles. The van der Waals surface area contributed by atoms with Gasteiger partial charge in [0.2, 0.25) is 0 Å². The molecule has 3 unspecified atom stereocenters. The molecule has 1 N–H and O–H groups in total. The summed E-state index contributed by atoms with van der Waals surface area (Å²) in [6, 6.07) is 8.95. The molecule has 3 heteroatoms. The number of aromatic nitrogens is 1. The summed E-state index contributed by atoms with van der Waals surface area (Å²) in [6.45, 7) is 5.79. The number of pyridine rings is 1. The molecular formula is C17H27N3. The third-order valence-electron chi connectivity index (χ3n) is 5.01. The molecule has 2 fully saturated rings. The van der Waals surface area contributed by atoms with Gasteiger partial charge in [-0.2, -0.15) is 0 Å². The molecule has 1 aromatic heterocycles. The minimum absolute atomic E-state index is 0.429. The van der Waals surface area contributed by atoms with E-state index in [4.69, 9.17) is 0 Å². The lowest BCUT2D eigenvalue weighted by molar-refractivity contribution is 0.0991. The average Bonchev–Trinajstić information content (AvgIpc) is 2.83. The smallest absolute Gasteiger partial charge is 0.0572 e. The third kappa shape index (κ3) is 2.89. The Morgan fingerprint density at radius 3 is 2.65 bits per heavy atom. The van der Waals surface area contributed by atoms with Crippen molar-refractivity contribution >= 4 is 0 Å². The van der Waals surface area contributed by atoms with Crippen LogP contribution in [0.3, 0.4) is 0 Å². The second kappa shape index (κ2) is 6.23. The molecule has 3 nitrogen and oxygen atoms in total. The van der Waals surface area contributed by atoms with E-state index in [0.29, 0.717) is 6.04 Å². The van der Waals surface area contributed by atoms with Crippen molar-refractivity contribution in [1.82, 2.24) is 15.2 Å². The third-order valence-corrected chi connectivity index (χ3v) is 5.01. The van der Waals surface area contributed by atoms with Crippen LogP contribution < -0.4 is 5.32 Å². The van der Waals surface area contributed by atoms with Crippen LogP contribution in [0.25, 0.3) is 0 Å². The molecule has 0 spiro atoms. The molecule has 2 saturated heterocycles. The summed E-state index contributed by atoms with van der Waals surface area (Å²) in [4.78, 5) is 7.28. The highest BCUT2D eigenvalue weighted by atomic mass is 15.2. The van der Waals surface area contributed by atoms with E-state index in [1.54, 1.807) is 0 Å². The van der Waals surface area contributed by atoms with Crippen LogP contribution in [0.15, 0.2) is 24.4 Å². The van der Waals surface area contributed by atoms with Crippen LogP contribution in [0.2, 0.25) is 0 Å². The van der Waals surface area contributed by atoms with Gasteiger partial charge in [0.05, 0.1) is 5.69 Å². The molecule has 0 radical (unpaired) electrons. The predicted molar refractivity (Wildman–Crippen MR) is 82.6 cm³/mol. The lowest BCUT2D eigenvalue weighted by Crippen LogP contribution is -2.49. The summed E-state index contributed by atoms with van der Waals surface area (Å²) in [5.74, 6) is 0. The van der Waals surface area contributed by atoms with E-state index in [0.717, 1.165) is 18.1 Å². The number of nitrogens with zero attached hydrogens (tertiary/aromatic N) is 2. The summed E-state index contributed by atoms with van der Waals surface area (Å²) < 4.78 is 0. The quantitative estimate of drug-likeness (QED) is 0.893. The summed E-state index contributed by atoms with van der Waals surface area (Å²) in [5, 5.41) is 3.75. The number of piperidine rings is 1. The van der Waals surface area contributed by atoms with Gasteiger partial charge >= 0.3 is 0 Å². The standard InChI is InChI=1S/C17H27N3/c1-3-10-20(13(2)17-6-4-5-9-18-17)16-11-14-7-8-15(12-16)19-14/h4-6,9,13-16,19H,3,7-8,10-12H2,1-2H3. The maximum absolute atomic E-state index is 4.57. The van der Waals surface area contributed by atoms with Crippen LogP contribution in [-0.4, -0.2) is 34.6 Å². The Hall–Kier alpha value is -0.930. The molecule has 0 saturated carbocycles. The van der Waals surface area contributed by atoms with Gasteiger partial charge in [-0.3, -0.25) is 9.88 Å². The van der Waals surface area contributed by atoms with Crippen LogP contribution in [0, 0.1) is 0 Å². The molecule has 20 heavy (non-hydrogen) atoms. The van der Waals surface area contributed by atoms with Crippen molar-refractivity contribution in [2.24, 2.45) is 0 Å². The van der Waals surface area contributed by atoms with E-state index >= 15 is 0 Å². The average molecular weight is 273 g/mol. The highest BCUT2D eigenvalue weighted by Gasteiger charge is 2.37. The Morgan fingerprint density at radius 1 is 1.30 bits per heavy atom. The van der Waals surface area contributed by atoms with Gasteiger partial charge in [0.25, 0.3) is 0 Å². The monoisotopic (exact) mass is 273 g/mol. The van der Waals surface area contributed by atoms with Gasteiger partial charge in [-0.15, -0.1) is 0 Å². The lowest BCUT2D eigenvalue weighted by atomic mass is 9.96. The van der Waals surface area contributed by atoms with Crippen molar-refractivity contribution in [1.29, 1.82) is 0 Å². The SMILES string of the molecule is CCCN(C1CC2CCC(C1)N2)C(C)c1ccccn1. The molecule has 1 aromatic rings. The van der Waals surface area contributed by atoms with E-state index in [9.17, 15) is 0 Å². The maximum Gasteiger partial charge on any atom is 0.0572 e. The van der Waals surface area contributed by atoms with Crippen LogP contribution in [0.4, 0.5) is 0 Å². The Morgan fingerprint density at radius 2 is 2.05 bits per heavy atom. The zero-order chi connectivity index (χ0) is 13.9. The van der Waals surface area contributed by atoms with Gasteiger partial charge in [-0.25, -0.2) is 0 Å². The lowest BCUT2D eigenvalue weighted by Gasteiger charge is -2.41. The van der Waals surface area contributed by atoms with Crippen LogP contribution >= 0.6 is 0 Å². The first kappa shape index (κ1) is 14.0. The summed E-state index contributed by atoms with van der Waals surface area (Å²) >= 11 is 0. The summed E-state index contributed by atoms with van der Waals surface area (Å²) in [5.41, 5.74) is 1.21. The first-order valence-corrected chi connectivity index (χ1v) is 8.20. The van der Waals surface area contributed by atoms with Crippen LogP contribution in [0.1, 0.15) is 57.7 Å². The van der Waals surface area contributed by atoms with E-state index in [1.165, 1.54) is 44.3 Å². The van der Waals surface area contributed by atoms with Gasteiger partial charge < -0.3 is 5.32 Å². The van der Waals surface area contributed by atoms with Crippen LogP contribution in [0.5, 0.6) is 0 Å². The van der Waals surface area contributed by atoms with Crippen molar-refractivity contribution in [2.45, 2.75) is 70.1 Å². The van der Waals surface area contributed by atoms with Crippen molar-refractivity contribution in [3.8, 4) is 0 Å². The molecular weight excluding hydrogens is 246 g/mol. The molecule has 110 valence electrons. The molecule has 0 aliphatic carbocycles. The van der Waals surface area contributed by atoms with Crippen molar-refractivity contribution in [2.75, 3.05) is 6.54 Å². The first-order valence-electron chi connectivity index (χ1n) is 8.20. The normalized spacial score (nSPS) is 30.6. The Balaban J connectivity index is 1.75. The van der Waals surface area contributed by atoms with Crippen molar-refractivity contribution < 1.29 is 0 Å². The summed E-state index contributed by atoms with van der Waals surface area (Å²) in [7, 11) is 0. The number of hydrogen-bond donors (Lipinski definition) is 1. The zero-order valence-corrected chi connectivity index (χ0v) is 12.8. The van der Waals surface area contributed by atoms with Crippen molar-refractivity contribution in [3.63, 3.8) is 0 Å². The largest absolute Gasteiger partial charge is 0.311 e. The minimum Gasteiger partial charge on any atom is -0.311 e. The van der Waals surface area contributed by atoms with Gasteiger partial charge in [-0.05, 0) is 57.7 Å². The molecule has 3 atom stereocenters. The number of fused-ring (bicyclic) bond motifs is 2. The Labute approximate surface area is 122 Å².